The second-order valence-corrected chi connectivity index (χ2v) is 11.4. The first-order valence-corrected chi connectivity index (χ1v) is 11.9. The number of rotatable bonds is 4. The Hall–Kier alpha value is -0.870. The average molecular weight is 405 g/mol. The lowest BCUT2D eigenvalue weighted by Gasteiger charge is -2.63. The fourth-order valence-electron chi connectivity index (χ4n) is 8.72. The van der Waals surface area contributed by atoms with E-state index in [1.807, 2.05) is 0 Å². The van der Waals surface area contributed by atoms with E-state index in [-0.39, 0.29) is 35.2 Å². The van der Waals surface area contributed by atoms with E-state index in [9.17, 15) is 15.0 Å². The maximum Gasteiger partial charge on any atom is 0.303 e. The van der Waals surface area contributed by atoms with Crippen LogP contribution in [0.3, 0.4) is 0 Å². The topological polar surface area (TPSA) is 77.8 Å². The van der Waals surface area contributed by atoms with Crippen LogP contribution in [-0.2, 0) is 4.79 Å². The molecule has 4 aliphatic carbocycles. The van der Waals surface area contributed by atoms with Crippen LogP contribution < -0.4 is 0 Å². The van der Waals surface area contributed by atoms with Crippen molar-refractivity contribution in [2.45, 2.75) is 90.8 Å². The Balaban J connectivity index is 1.60. The molecule has 0 bridgehead atoms. The zero-order valence-electron chi connectivity index (χ0n) is 18.4. The van der Waals surface area contributed by atoms with Crippen LogP contribution >= 0.6 is 0 Å². The van der Waals surface area contributed by atoms with Gasteiger partial charge in [-0.3, -0.25) is 4.79 Å². The van der Waals surface area contributed by atoms with E-state index in [0.717, 1.165) is 50.5 Å². The second-order valence-electron chi connectivity index (χ2n) is 11.4. The van der Waals surface area contributed by atoms with Gasteiger partial charge in [-0.15, -0.1) is 0 Å². The van der Waals surface area contributed by atoms with Gasteiger partial charge in [-0.05, 0) is 103 Å². The molecule has 29 heavy (non-hydrogen) atoms. The summed E-state index contributed by atoms with van der Waals surface area (Å²) in [5, 5.41) is 30.8. The van der Waals surface area contributed by atoms with Crippen LogP contribution in [-0.4, -0.2) is 33.5 Å². The van der Waals surface area contributed by atoms with Gasteiger partial charge >= 0.3 is 5.97 Å². The summed E-state index contributed by atoms with van der Waals surface area (Å²) in [4.78, 5) is 11.1. The number of aliphatic hydroxyl groups is 2. The Morgan fingerprint density at radius 2 is 1.76 bits per heavy atom. The predicted octanol–water partition coefficient (Wildman–Crippen LogP) is 4.64. The molecule has 4 aliphatic rings. The highest BCUT2D eigenvalue weighted by atomic mass is 16.4. The van der Waals surface area contributed by atoms with Crippen molar-refractivity contribution in [1.29, 1.82) is 0 Å². The molecular formula is C25H40O4. The van der Waals surface area contributed by atoms with Gasteiger partial charge in [0.2, 0.25) is 0 Å². The number of carbonyl (C=O) groups is 1. The third kappa shape index (κ3) is 3.20. The number of hydrogen-bond donors (Lipinski definition) is 3. The van der Waals surface area contributed by atoms with Gasteiger partial charge in [0.05, 0.1) is 12.2 Å². The summed E-state index contributed by atoms with van der Waals surface area (Å²) < 4.78 is 0. The highest BCUT2D eigenvalue weighted by Gasteiger charge is 2.63. The number of fused-ring (bicyclic) bond motifs is 5. The molecule has 0 radical (unpaired) electrons. The predicted molar refractivity (Wildman–Crippen MR) is 113 cm³/mol. The van der Waals surface area contributed by atoms with Gasteiger partial charge in [0.15, 0.2) is 0 Å². The van der Waals surface area contributed by atoms with E-state index in [1.165, 1.54) is 6.42 Å². The summed E-state index contributed by atoms with van der Waals surface area (Å²) in [7, 11) is 0. The Morgan fingerprint density at radius 3 is 2.45 bits per heavy atom. The molecule has 0 spiro atoms. The van der Waals surface area contributed by atoms with Crippen LogP contribution in [0.1, 0.15) is 78.6 Å². The molecule has 0 heterocycles. The lowest BCUT2D eigenvalue weighted by atomic mass is 9.43. The third-order valence-electron chi connectivity index (χ3n) is 10.3. The van der Waals surface area contributed by atoms with Crippen molar-refractivity contribution in [2.75, 3.05) is 0 Å². The summed E-state index contributed by atoms with van der Waals surface area (Å²) in [6, 6.07) is 0. The quantitative estimate of drug-likeness (QED) is 0.596. The lowest BCUT2D eigenvalue weighted by molar-refractivity contribution is -0.147. The van der Waals surface area contributed by atoms with Crippen molar-refractivity contribution < 1.29 is 20.1 Å². The maximum atomic E-state index is 11.4. The lowest BCUT2D eigenvalue weighted by Crippen LogP contribution is -2.59. The normalized spacial score (nSPS) is 50.4. The van der Waals surface area contributed by atoms with Crippen molar-refractivity contribution in [3.05, 3.63) is 12.2 Å². The van der Waals surface area contributed by atoms with Crippen molar-refractivity contribution in [3.63, 3.8) is 0 Å². The fraction of sp³-hybridized carbons (Fsp3) is 0.880. The fourth-order valence-corrected chi connectivity index (χ4v) is 8.72. The molecule has 0 saturated heterocycles. The zero-order valence-corrected chi connectivity index (χ0v) is 18.4. The van der Waals surface area contributed by atoms with E-state index < -0.39 is 12.1 Å². The number of aliphatic carboxylic acids is 1. The van der Waals surface area contributed by atoms with Crippen LogP contribution in [0.15, 0.2) is 12.2 Å². The standard InChI is InChI=1S/C25H40O4/c1-14(5-8-21(27)28)17-6-7-18-22-19(10-12-24(17,18)3)25(4)11-9-16(26)13-20(25)15(2)23(22)29/h14,16-20,22-23,26,29H,2,5-13H2,1,3-4H3,(H,27,28)/t14-,16-,17-,18?,19?,20?,22?,23-,24-,25-/m1/s1. The number of carboxylic acids is 1. The van der Waals surface area contributed by atoms with E-state index in [4.69, 9.17) is 5.11 Å². The Labute approximate surface area is 175 Å². The second kappa shape index (κ2) is 7.37. The highest BCUT2D eigenvalue weighted by Crippen LogP contribution is 2.69. The molecular weight excluding hydrogens is 364 g/mol. The molecule has 0 aromatic rings. The molecule has 3 N–H and O–H groups in total. The van der Waals surface area contributed by atoms with E-state index in [0.29, 0.717) is 23.7 Å². The highest BCUT2D eigenvalue weighted by molar-refractivity contribution is 5.66. The van der Waals surface area contributed by atoms with Crippen molar-refractivity contribution in [1.82, 2.24) is 0 Å². The summed E-state index contributed by atoms with van der Waals surface area (Å²) in [6.07, 6.45) is 7.59. The van der Waals surface area contributed by atoms with Gasteiger partial charge in [0, 0.05) is 6.42 Å². The zero-order chi connectivity index (χ0) is 21.1. The van der Waals surface area contributed by atoms with Gasteiger partial charge in [-0.25, -0.2) is 0 Å². The molecule has 164 valence electrons. The van der Waals surface area contributed by atoms with Crippen molar-refractivity contribution >= 4 is 5.97 Å². The van der Waals surface area contributed by atoms with Gasteiger partial charge in [0.1, 0.15) is 0 Å². The number of aliphatic hydroxyl groups excluding tert-OH is 2. The molecule has 0 aromatic carbocycles. The summed E-state index contributed by atoms with van der Waals surface area (Å²) >= 11 is 0. The molecule has 0 aromatic heterocycles. The maximum absolute atomic E-state index is 11.4. The van der Waals surface area contributed by atoms with Crippen LogP contribution in [0.25, 0.3) is 0 Å². The van der Waals surface area contributed by atoms with Crippen molar-refractivity contribution in [2.24, 2.45) is 46.3 Å². The average Bonchev–Trinajstić information content (AvgIpc) is 3.02. The largest absolute Gasteiger partial charge is 0.481 e. The molecule has 4 saturated carbocycles. The van der Waals surface area contributed by atoms with E-state index >= 15 is 0 Å². The van der Waals surface area contributed by atoms with Gasteiger partial charge < -0.3 is 15.3 Å². The van der Waals surface area contributed by atoms with Crippen LogP contribution in [0, 0.1) is 46.3 Å². The molecule has 0 amide bonds. The summed E-state index contributed by atoms with van der Waals surface area (Å²) in [6.45, 7) is 11.4. The first kappa shape index (κ1) is 21.4. The molecule has 10 atom stereocenters. The Morgan fingerprint density at radius 1 is 1.10 bits per heavy atom. The smallest absolute Gasteiger partial charge is 0.303 e. The Kier molecular flexibility index (Phi) is 5.43. The molecule has 4 nitrogen and oxygen atoms in total. The summed E-state index contributed by atoms with van der Waals surface area (Å²) in [5.74, 6) is 1.77. The molecule has 4 heteroatoms. The number of carboxylic acid groups (broad SMARTS) is 1. The van der Waals surface area contributed by atoms with E-state index in [1.54, 1.807) is 0 Å². The number of hydrogen-bond acceptors (Lipinski definition) is 3. The van der Waals surface area contributed by atoms with E-state index in [2.05, 4.69) is 27.4 Å². The Bertz CT molecular complexity index is 674. The molecule has 4 rings (SSSR count). The summed E-state index contributed by atoms with van der Waals surface area (Å²) in [5.41, 5.74) is 1.31. The minimum absolute atomic E-state index is 0.147. The SMILES string of the molecule is C=C1C2C[C@H](O)CC[C@]2(C)C2CC[C@@]3(C)C(CC[C@@H]3[C@H](C)CCC(=O)O)C2[C@@H]1O. The van der Waals surface area contributed by atoms with Crippen LogP contribution in [0.5, 0.6) is 0 Å². The van der Waals surface area contributed by atoms with Gasteiger partial charge in [-0.1, -0.05) is 27.4 Å². The minimum atomic E-state index is -0.697. The first-order chi connectivity index (χ1) is 13.6. The van der Waals surface area contributed by atoms with Crippen LogP contribution in [0.2, 0.25) is 0 Å². The van der Waals surface area contributed by atoms with Gasteiger partial charge in [-0.2, -0.15) is 0 Å². The molecule has 4 fully saturated rings. The molecule has 4 unspecified atom stereocenters. The van der Waals surface area contributed by atoms with Crippen LogP contribution in [0.4, 0.5) is 0 Å². The first-order valence-electron chi connectivity index (χ1n) is 11.9. The van der Waals surface area contributed by atoms with Crippen molar-refractivity contribution in [3.8, 4) is 0 Å². The minimum Gasteiger partial charge on any atom is -0.481 e. The molecule has 0 aliphatic heterocycles. The monoisotopic (exact) mass is 404 g/mol. The van der Waals surface area contributed by atoms with Gasteiger partial charge in [0.25, 0.3) is 0 Å². The third-order valence-corrected chi connectivity index (χ3v) is 10.3.